The molecule has 1 heterocycles. The van der Waals surface area contributed by atoms with Crippen molar-refractivity contribution in [1.82, 2.24) is 4.90 Å². The van der Waals surface area contributed by atoms with Gasteiger partial charge in [-0.1, -0.05) is 0 Å². The highest BCUT2D eigenvalue weighted by molar-refractivity contribution is 4.89. The average Bonchev–Trinajstić information content (AvgIpc) is 2.36. The van der Waals surface area contributed by atoms with E-state index in [1.165, 1.54) is 0 Å². The maximum absolute atomic E-state index is 5.90. The smallest absolute Gasteiger partial charge is 0.158 e. The summed E-state index contributed by atoms with van der Waals surface area (Å²) in [5.74, 6) is 0. The molecule has 5 nitrogen and oxygen atoms in total. The summed E-state index contributed by atoms with van der Waals surface area (Å²) in [5.41, 5.74) is 5.82. The lowest BCUT2D eigenvalue weighted by molar-refractivity contribution is -0.134. The molecule has 1 aliphatic rings. The minimum absolute atomic E-state index is 0.0829. The number of ether oxygens (including phenoxy) is 3. The minimum Gasteiger partial charge on any atom is -0.379 e. The van der Waals surface area contributed by atoms with E-state index in [0.29, 0.717) is 6.54 Å². The Hall–Kier alpha value is -0.200. The first kappa shape index (κ1) is 13.9. The lowest BCUT2D eigenvalue weighted by atomic mass is 9.94. The molecule has 1 atom stereocenters. The second-order valence-electron chi connectivity index (χ2n) is 4.41. The van der Waals surface area contributed by atoms with Crippen molar-refractivity contribution in [2.24, 2.45) is 5.73 Å². The maximum Gasteiger partial charge on any atom is 0.158 e. The third-order valence-corrected chi connectivity index (χ3v) is 3.35. The molecule has 96 valence electrons. The van der Waals surface area contributed by atoms with Crippen LogP contribution in [0.3, 0.4) is 0 Å². The van der Waals surface area contributed by atoms with Crippen molar-refractivity contribution in [3.63, 3.8) is 0 Å². The van der Waals surface area contributed by atoms with Crippen molar-refractivity contribution in [1.29, 1.82) is 0 Å². The Kier molecular flexibility index (Phi) is 5.64. The predicted molar refractivity (Wildman–Crippen MR) is 62.3 cm³/mol. The average molecular weight is 232 g/mol. The van der Waals surface area contributed by atoms with Crippen molar-refractivity contribution in [3.05, 3.63) is 0 Å². The van der Waals surface area contributed by atoms with Crippen LogP contribution in [0.4, 0.5) is 0 Å². The molecule has 0 aromatic rings. The monoisotopic (exact) mass is 232 g/mol. The van der Waals surface area contributed by atoms with Gasteiger partial charge in [-0.05, 0) is 6.92 Å². The van der Waals surface area contributed by atoms with Crippen molar-refractivity contribution < 1.29 is 14.2 Å². The Morgan fingerprint density at radius 3 is 2.31 bits per heavy atom. The van der Waals surface area contributed by atoms with Crippen LogP contribution in [-0.2, 0) is 14.2 Å². The third kappa shape index (κ3) is 3.40. The number of rotatable bonds is 6. The molecule has 0 bridgehead atoms. The normalized spacial score (nSPS) is 22.3. The van der Waals surface area contributed by atoms with Crippen LogP contribution in [0.25, 0.3) is 0 Å². The molecule has 5 heteroatoms. The first-order chi connectivity index (χ1) is 7.66. The summed E-state index contributed by atoms with van der Waals surface area (Å²) < 4.78 is 15.9. The molecule has 0 spiro atoms. The maximum atomic E-state index is 5.90. The Balaban J connectivity index is 2.59. The topological polar surface area (TPSA) is 57.0 Å². The molecule has 0 aliphatic carbocycles. The second-order valence-corrected chi connectivity index (χ2v) is 4.41. The van der Waals surface area contributed by atoms with E-state index in [2.05, 4.69) is 11.8 Å². The van der Waals surface area contributed by atoms with Crippen LogP contribution in [0.15, 0.2) is 0 Å². The Bertz CT molecular complexity index is 194. The molecule has 1 unspecified atom stereocenters. The van der Waals surface area contributed by atoms with Gasteiger partial charge in [0, 0.05) is 45.8 Å². The van der Waals surface area contributed by atoms with Crippen molar-refractivity contribution in [2.75, 3.05) is 47.1 Å². The Morgan fingerprint density at radius 1 is 1.31 bits per heavy atom. The molecule has 1 fully saturated rings. The van der Waals surface area contributed by atoms with Crippen molar-refractivity contribution in [3.8, 4) is 0 Å². The molecule has 0 aromatic carbocycles. The number of methoxy groups -OCH3 is 2. The van der Waals surface area contributed by atoms with Gasteiger partial charge in [-0.2, -0.15) is 0 Å². The van der Waals surface area contributed by atoms with Crippen LogP contribution >= 0.6 is 0 Å². The molecular weight excluding hydrogens is 208 g/mol. The standard InChI is InChI=1S/C11H24N2O3/c1-11(9-12,8-10(14-2)15-3)13-4-6-16-7-5-13/h10H,4-9,12H2,1-3H3. The highest BCUT2D eigenvalue weighted by Gasteiger charge is 2.34. The molecule has 1 aliphatic heterocycles. The Morgan fingerprint density at radius 2 is 1.88 bits per heavy atom. The van der Waals surface area contributed by atoms with Crippen molar-refractivity contribution in [2.45, 2.75) is 25.2 Å². The third-order valence-electron chi connectivity index (χ3n) is 3.35. The van der Waals surface area contributed by atoms with Gasteiger partial charge in [0.1, 0.15) is 0 Å². The fraction of sp³-hybridized carbons (Fsp3) is 1.00. The molecule has 1 saturated heterocycles. The summed E-state index contributed by atoms with van der Waals surface area (Å²) >= 11 is 0. The summed E-state index contributed by atoms with van der Waals surface area (Å²) in [5, 5.41) is 0. The fourth-order valence-electron chi connectivity index (χ4n) is 2.07. The van der Waals surface area contributed by atoms with Gasteiger partial charge in [-0.15, -0.1) is 0 Å². The van der Waals surface area contributed by atoms with Gasteiger partial charge in [0.2, 0.25) is 0 Å². The van der Waals surface area contributed by atoms with Crippen LogP contribution in [0, 0.1) is 0 Å². The zero-order valence-electron chi connectivity index (χ0n) is 10.6. The van der Waals surface area contributed by atoms with E-state index >= 15 is 0 Å². The molecule has 2 N–H and O–H groups in total. The van der Waals surface area contributed by atoms with Crippen LogP contribution < -0.4 is 5.73 Å². The first-order valence-corrected chi connectivity index (χ1v) is 5.74. The summed E-state index contributed by atoms with van der Waals surface area (Å²) in [7, 11) is 3.31. The van der Waals surface area contributed by atoms with E-state index in [1.54, 1.807) is 14.2 Å². The summed E-state index contributed by atoms with van der Waals surface area (Å²) in [6.07, 6.45) is 0.577. The number of nitrogens with zero attached hydrogens (tertiary/aromatic N) is 1. The van der Waals surface area contributed by atoms with Gasteiger partial charge in [-0.3, -0.25) is 4.90 Å². The highest BCUT2D eigenvalue weighted by Crippen LogP contribution is 2.22. The van der Waals surface area contributed by atoms with Crippen LogP contribution in [0.2, 0.25) is 0 Å². The first-order valence-electron chi connectivity index (χ1n) is 5.74. The van der Waals surface area contributed by atoms with Gasteiger partial charge in [-0.25, -0.2) is 0 Å². The Labute approximate surface area is 97.8 Å². The van der Waals surface area contributed by atoms with Crippen molar-refractivity contribution >= 4 is 0 Å². The van der Waals surface area contributed by atoms with E-state index in [-0.39, 0.29) is 11.8 Å². The fourth-order valence-corrected chi connectivity index (χ4v) is 2.07. The van der Waals surface area contributed by atoms with E-state index < -0.39 is 0 Å². The molecule has 1 rings (SSSR count). The predicted octanol–water partition coefficient (Wildman–Crippen LogP) is 0.0450. The molecule has 16 heavy (non-hydrogen) atoms. The largest absolute Gasteiger partial charge is 0.379 e. The summed E-state index contributed by atoms with van der Waals surface area (Å²) in [6, 6.07) is 0. The molecule has 0 aromatic heterocycles. The van der Waals surface area contributed by atoms with Gasteiger partial charge in [0.25, 0.3) is 0 Å². The second kappa shape index (κ2) is 6.51. The molecule has 0 amide bonds. The SMILES string of the molecule is COC(CC(C)(CN)N1CCOCC1)OC. The lowest BCUT2D eigenvalue weighted by Crippen LogP contribution is -2.57. The number of morpholine rings is 1. The van der Waals surface area contributed by atoms with E-state index in [1.807, 2.05) is 0 Å². The summed E-state index contributed by atoms with van der Waals surface area (Å²) in [6.45, 7) is 6.15. The highest BCUT2D eigenvalue weighted by atomic mass is 16.7. The van der Waals surface area contributed by atoms with Crippen LogP contribution in [0.1, 0.15) is 13.3 Å². The summed E-state index contributed by atoms with van der Waals surface area (Å²) in [4.78, 5) is 2.36. The van der Waals surface area contributed by atoms with Gasteiger partial charge < -0.3 is 19.9 Å². The van der Waals surface area contributed by atoms with Crippen LogP contribution in [-0.4, -0.2) is 63.8 Å². The van der Waals surface area contributed by atoms with Gasteiger partial charge in [0.05, 0.1) is 13.2 Å². The zero-order chi connectivity index (χ0) is 12.0. The number of hydrogen-bond donors (Lipinski definition) is 1. The zero-order valence-corrected chi connectivity index (χ0v) is 10.6. The minimum atomic E-state index is -0.198. The lowest BCUT2D eigenvalue weighted by Gasteiger charge is -2.43. The van der Waals surface area contributed by atoms with Gasteiger partial charge in [0.15, 0.2) is 6.29 Å². The van der Waals surface area contributed by atoms with E-state index in [4.69, 9.17) is 19.9 Å². The van der Waals surface area contributed by atoms with E-state index in [9.17, 15) is 0 Å². The van der Waals surface area contributed by atoms with Crippen LogP contribution in [0.5, 0.6) is 0 Å². The molecule has 0 saturated carbocycles. The number of nitrogens with two attached hydrogens (primary N) is 1. The van der Waals surface area contributed by atoms with E-state index in [0.717, 1.165) is 32.7 Å². The quantitative estimate of drug-likeness (QED) is 0.656. The van der Waals surface area contributed by atoms with Gasteiger partial charge >= 0.3 is 0 Å². The molecular formula is C11H24N2O3. The molecule has 0 radical (unpaired) electrons. The number of hydrogen-bond acceptors (Lipinski definition) is 5.